The van der Waals surface area contributed by atoms with E-state index in [9.17, 15) is 14.7 Å². The average Bonchev–Trinajstić information content (AvgIpc) is 3.45. The number of thiazole rings is 1. The number of ketones is 1. The molecule has 1 saturated heterocycles. The Hall–Kier alpha value is -4.17. The molecule has 1 aliphatic rings. The van der Waals surface area contributed by atoms with Crippen molar-refractivity contribution in [2.75, 3.05) is 18.6 Å². The van der Waals surface area contributed by atoms with Crippen LogP contribution in [-0.2, 0) is 9.59 Å². The topological polar surface area (TPSA) is 89.0 Å². The van der Waals surface area contributed by atoms with Gasteiger partial charge in [-0.05, 0) is 42.3 Å². The van der Waals surface area contributed by atoms with Crippen molar-refractivity contribution in [3.63, 3.8) is 0 Å². The first-order valence-electron chi connectivity index (χ1n) is 11.6. The standard InChI is InChI=1S/C28H24N2O5S/c1-3-15-35-19-11-9-17(10-12-19)24-23(25(31)18-7-5-4-6-8-18)26(32)27(33)30(24)28-29-21-14-13-20(34-2)16-22(21)36-28/h4-14,16,24,31H,3,15H2,1-2H3/b25-23+/t24-/m0/s1. The van der Waals surface area contributed by atoms with Crippen LogP contribution in [0.5, 0.6) is 11.5 Å². The number of fused-ring (bicyclic) bond motifs is 1. The van der Waals surface area contributed by atoms with E-state index in [1.807, 2.05) is 37.3 Å². The maximum absolute atomic E-state index is 13.4. The van der Waals surface area contributed by atoms with Gasteiger partial charge in [0.25, 0.3) is 5.78 Å². The third-order valence-electron chi connectivity index (χ3n) is 5.95. The number of aliphatic hydroxyl groups is 1. The molecule has 7 nitrogen and oxygen atoms in total. The molecule has 0 bridgehead atoms. The quantitative estimate of drug-likeness (QED) is 0.198. The summed E-state index contributed by atoms with van der Waals surface area (Å²) >= 11 is 1.28. The zero-order chi connectivity index (χ0) is 25.2. The second-order valence-corrected chi connectivity index (χ2v) is 9.29. The minimum atomic E-state index is -0.854. The van der Waals surface area contributed by atoms with Gasteiger partial charge in [0.15, 0.2) is 5.13 Å². The lowest BCUT2D eigenvalue weighted by Gasteiger charge is -2.23. The smallest absolute Gasteiger partial charge is 0.301 e. The lowest BCUT2D eigenvalue weighted by atomic mass is 9.95. The monoisotopic (exact) mass is 500 g/mol. The molecule has 182 valence electrons. The zero-order valence-corrected chi connectivity index (χ0v) is 20.6. The van der Waals surface area contributed by atoms with Crippen LogP contribution in [0.4, 0.5) is 5.13 Å². The molecule has 2 heterocycles. The van der Waals surface area contributed by atoms with Crippen LogP contribution in [-0.4, -0.2) is 35.5 Å². The summed E-state index contributed by atoms with van der Waals surface area (Å²) in [5.74, 6) is -0.370. The molecule has 1 atom stereocenters. The fraction of sp³-hybridized carbons (Fsp3) is 0.179. The van der Waals surface area contributed by atoms with Crippen molar-refractivity contribution in [1.82, 2.24) is 4.98 Å². The van der Waals surface area contributed by atoms with Gasteiger partial charge in [-0.3, -0.25) is 14.5 Å². The van der Waals surface area contributed by atoms with Gasteiger partial charge < -0.3 is 14.6 Å². The minimum Gasteiger partial charge on any atom is -0.507 e. The molecule has 1 aromatic heterocycles. The van der Waals surface area contributed by atoms with Gasteiger partial charge >= 0.3 is 5.91 Å². The van der Waals surface area contributed by atoms with Crippen LogP contribution in [0, 0.1) is 0 Å². The number of carbonyl (C=O) groups is 2. The summed E-state index contributed by atoms with van der Waals surface area (Å²) in [6.07, 6.45) is 0.876. The summed E-state index contributed by atoms with van der Waals surface area (Å²) < 4.78 is 11.8. The van der Waals surface area contributed by atoms with Gasteiger partial charge in [0.05, 0.1) is 35.5 Å². The van der Waals surface area contributed by atoms with Crippen molar-refractivity contribution < 1.29 is 24.2 Å². The van der Waals surface area contributed by atoms with Crippen molar-refractivity contribution in [2.24, 2.45) is 0 Å². The molecule has 36 heavy (non-hydrogen) atoms. The summed E-state index contributed by atoms with van der Waals surface area (Å²) in [7, 11) is 1.58. The van der Waals surface area contributed by atoms with E-state index in [1.54, 1.807) is 49.6 Å². The molecular formula is C28H24N2O5S. The predicted molar refractivity (Wildman–Crippen MR) is 140 cm³/mol. The Balaban J connectivity index is 1.66. The fourth-order valence-electron chi connectivity index (χ4n) is 4.19. The molecule has 5 rings (SSSR count). The number of methoxy groups -OCH3 is 1. The molecule has 1 N–H and O–H groups in total. The lowest BCUT2D eigenvalue weighted by molar-refractivity contribution is -0.132. The van der Waals surface area contributed by atoms with E-state index in [-0.39, 0.29) is 11.3 Å². The third kappa shape index (κ3) is 4.20. The van der Waals surface area contributed by atoms with Crippen molar-refractivity contribution in [3.8, 4) is 11.5 Å². The average molecular weight is 501 g/mol. The van der Waals surface area contributed by atoms with Crippen LogP contribution in [0.1, 0.15) is 30.5 Å². The molecule has 0 unspecified atom stereocenters. The first kappa shape index (κ1) is 23.6. The number of carbonyl (C=O) groups excluding carboxylic acids is 2. The van der Waals surface area contributed by atoms with Gasteiger partial charge in [-0.2, -0.15) is 0 Å². The Bertz CT molecular complexity index is 1460. The Morgan fingerprint density at radius 1 is 1.03 bits per heavy atom. The first-order valence-corrected chi connectivity index (χ1v) is 12.4. The normalized spacial score (nSPS) is 17.1. The van der Waals surface area contributed by atoms with Gasteiger partial charge in [0.2, 0.25) is 0 Å². The molecule has 8 heteroatoms. The van der Waals surface area contributed by atoms with Crippen LogP contribution in [0.2, 0.25) is 0 Å². The Labute approximate surface area is 212 Å². The molecule has 1 amide bonds. The van der Waals surface area contributed by atoms with E-state index in [4.69, 9.17) is 9.47 Å². The molecule has 0 radical (unpaired) electrons. The molecule has 0 aliphatic carbocycles. The number of hydrogen-bond donors (Lipinski definition) is 1. The molecule has 1 fully saturated rings. The highest BCUT2D eigenvalue weighted by atomic mass is 32.1. The summed E-state index contributed by atoms with van der Waals surface area (Å²) in [6, 6.07) is 20.6. The summed E-state index contributed by atoms with van der Waals surface area (Å²) in [5, 5.41) is 11.6. The van der Waals surface area contributed by atoms with Crippen molar-refractivity contribution in [3.05, 3.63) is 89.5 Å². The minimum absolute atomic E-state index is 0.0188. The first-order chi connectivity index (χ1) is 17.5. The number of anilines is 1. The molecular weight excluding hydrogens is 476 g/mol. The molecule has 1 aliphatic heterocycles. The van der Waals surface area contributed by atoms with E-state index in [2.05, 4.69) is 4.98 Å². The molecule has 4 aromatic rings. The Morgan fingerprint density at radius 2 is 1.75 bits per heavy atom. The number of Topliss-reactive ketones (excluding diaryl/α,β-unsaturated/α-hetero) is 1. The second kappa shape index (κ2) is 9.83. The van der Waals surface area contributed by atoms with Crippen molar-refractivity contribution in [1.29, 1.82) is 0 Å². The highest BCUT2D eigenvalue weighted by molar-refractivity contribution is 7.22. The SMILES string of the molecule is CCCOc1ccc([C@H]2/C(=C(\O)c3ccccc3)C(=O)C(=O)N2c2nc3ccc(OC)cc3s2)cc1. The van der Waals surface area contributed by atoms with Gasteiger partial charge in [-0.15, -0.1) is 0 Å². The van der Waals surface area contributed by atoms with Crippen molar-refractivity contribution >= 4 is 44.1 Å². The Morgan fingerprint density at radius 3 is 2.44 bits per heavy atom. The van der Waals surface area contributed by atoms with Crippen molar-refractivity contribution in [2.45, 2.75) is 19.4 Å². The third-order valence-corrected chi connectivity index (χ3v) is 6.97. The van der Waals surface area contributed by atoms with Crippen LogP contribution in [0.25, 0.3) is 16.0 Å². The van der Waals surface area contributed by atoms with Gasteiger partial charge in [-0.1, -0.05) is 60.7 Å². The number of hydrogen-bond acceptors (Lipinski definition) is 7. The number of benzene rings is 3. The second-order valence-electron chi connectivity index (χ2n) is 8.28. The maximum Gasteiger partial charge on any atom is 0.301 e. The van der Waals surface area contributed by atoms with Crippen LogP contribution in [0.3, 0.4) is 0 Å². The van der Waals surface area contributed by atoms with Gasteiger partial charge in [-0.25, -0.2) is 4.98 Å². The van der Waals surface area contributed by atoms with E-state index < -0.39 is 17.7 Å². The molecule has 0 saturated carbocycles. The van der Waals surface area contributed by atoms with Gasteiger partial charge in [0, 0.05) is 5.56 Å². The number of aromatic nitrogens is 1. The van der Waals surface area contributed by atoms with Crippen LogP contribution in [0.15, 0.2) is 78.4 Å². The summed E-state index contributed by atoms with van der Waals surface area (Å²) in [6.45, 7) is 2.61. The van der Waals surface area contributed by atoms with E-state index in [1.165, 1.54) is 16.2 Å². The van der Waals surface area contributed by atoms with E-state index in [0.29, 0.717) is 39.9 Å². The zero-order valence-electron chi connectivity index (χ0n) is 19.8. The van der Waals surface area contributed by atoms with E-state index >= 15 is 0 Å². The number of ether oxygens (including phenoxy) is 2. The fourth-order valence-corrected chi connectivity index (χ4v) is 5.21. The largest absolute Gasteiger partial charge is 0.507 e. The molecule has 3 aromatic carbocycles. The van der Waals surface area contributed by atoms with E-state index in [0.717, 1.165) is 11.1 Å². The van der Waals surface area contributed by atoms with Crippen LogP contribution >= 0.6 is 11.3 Å². The highest BCUT2D eigenvalue weighted by Crippen LogP contribution is 2.44. The summed E-state index contributed by atoms with van der Waals surface area (Å²) in [4.78, 5) is 32.7. The predicted octanol–water partition coefficient (Wildman–Crippen LogP) is 5.72. The number of nitrogens with zero attached hydrogens (tertiary/aromatic N) is 2. The highest BCUT2D eigenvalue weighted by Gasteiger charge is 2.48. The maximum atomic E-state index is 13.4. The Kier molecular flexibility index (Phi) is 6.43. The molecule has 0 spiro atoms. The number of amides is 1. The van der Waals surface area contributed by atoms with Crippen LogP contribution < -0.4 is 14.4 Å². The summed E-state index contributed by atoms with van der Waals surface area (Å²) in [5.41, 5.74) is 1.82. The number of rotatable bonds is 7. The lowest BCUT2D eigenvalue weighted by Crippen LogP contribution is -2.29. The number of aliphatic hydroxyl groups excluding tert-OH is 1. The van der Waals surface area contributed by atoms with Gasteiger partial charge in [0.1, 0.15) is 17.3 Å².